The summed E-state index contributed by atoms with van der Waals surface area (Å²) in [4.78, 5) is 23.9. The number of amides is 1. The molecule has 1 N–H and O–H groups in total. The monoisotopic (exact) mass is 211 g/mol. The standard InChI is InChI=1S/C11H17NO3/c1-8-4-3-6-12(10(8)13)7-5-9(2)11(14)15/h5,8H,3-4,6-7H2,1-2H3,(H,14,15)/b9-5-. The van der Waals surface area contributed by atoms with Crippen molar-refractivity contribution in [2.24, 2.45) is 5.92 Å². The minimum atomic E-state index is -0.924. The highest BCUT2D eigenvalue weighted by Crippen LogP contribution is 2.16. The molecular weight excluding hydrogens is 194 g/mol. The largest absolute Gasteiger partial charge is 0.478 e. The number of piperidine rings is 1. The fourth-order valence-corrected chi connectivity index (χ4v) is 1.65. The van der Waals surface area contributed by atoms with Crippen LogP contribution in [0.1, 0.15) is 26.7 Å². The third kappa shape index (κ3) is 3.08. The molecule has 1 saturated heterocycles. The molecule has 1 atom stereocenters. The lowest BCUT2D eigenvalue weighted by Gasteiger charge is -2.29. The first kappa shape index (κ1) is 11.8. The van der Waals surface area contributed by atoms with Gasteiger partial charge in [0.15, 0.2) is 0 Å². The van der Waals surface area contributed by atoms with Crippen molar-refractivity contribution in [1.29, 1.82) is 0 Å². The van der Waals surface area contributed by atoms with E-state index in [0.717, 1.165) is 19.4 Å². The van der Waals surface area contributed by atoms with Crippen LogP contribution in [-0.4, -0.2) is 35.0 Å². The maximum atomic E-state index is 11.7. The summed E-state index contributed by atoms with van der Waals surface area (Å²) in [6.07, 6.45) is 3.54. The SMILES string of the molecule is C/C(=C/CN1CCCC(C)C1=O)C(=O)O. The van der Waals surface area contributed by atoms with Crippen LogP contribution in [0.3, 0.4) is 0 Å². The van der Waals surface area contributed by atoms with Crippen molar-refractivity contribution in [2.75, 3.05) is 13.1 Å². The van der Waals surface area contributed by atoms with E-state index in [1.54, 1.807) is 17.9 Å². The number of rotatable bonds is 3. The molecule has 0 spiro atoms. The predicted octanol–water partition coefficient (Wildman–Crippen LogP) is 1.28. The molecule has 84 valence electrons. The summed E-state index contributed by atoms with van der Waals surface area (Å²) < 4.78 is 0. The van der Waals surface area contributed by atoms with E-state index in [1.807, 2.05) is 6.92 Å². The van der Waals surface area contributed by atoms with Gasteiger partial charge in [-0.25, -0.2) is 4.79 Å². The Morgan fingerprint density at radius 3 is 2.93 bits per heavy atom. The summed E-state index contributed by atoms with van der Waals surface area (Å²) in [7, 11) is 0. The van der Waals surface area contributed by atoms with E-state index in [-0.39, 0.29) is 11.8 Å². The first-order valence-corrected chi connectivity index (χ1v) is 5.21. The van der Waals surface area contributed by atoms with Gasteiger partial charge < -0.3 is 10.0 Å². The molecule has 0 aromatic carbocycles. The number of aliphatic carboxylic acids is 1. The molecule has 0 saturated carbocycles. The maximum absolute atomic E-state index is 11.7. The maximum Gasteiger partial charge on any atom is 0.331 e. The summed E-state index contributed by atoms with van der Waals surface area (Å²) in [5.74, 6) is -0.708. The van der Waals surface area contributed by atoms with Crippen LogP contribution in [0.5, 0.6) is 0 Å². The van der Waals surface area contributed by atoms with Crippen LogP contribution >= 0.6 is 0 Å². The van der Waals surface area contributed by atoms with E-state index >= 15 is 0 Å². The van der Waals surface area contributed by atoms with Gasteiger partial charge in [-0.1, -0.05) is 13.0 Å². The van der Waals surface area contributed by atoms with E-state index in [4.69, 9.17) is 5.11 Å². The fourth-order valence-electron chi connectivity index (χ4n) is 1.65. The van der Waals surface area contributed by atoms with E-state index in [9.17, 15) is 9.59 Å². The molecule has 4 heteroatoms. The zero-order valence-corrected chi connectivity index (χ0v) is 9.19. The van der Waals surface area contributed by atoms with E-state index in [2.05, 4.69) is 0 Å². The molecule has 0 bridgehead atoms. The molecule has 15 heavy (non-hydrogen) atoms. The van der Waals surface area contributed by atoms with Crippen LogP contribution in [0.25, 0.3) is 0 Å². The van der Waals surface area contributed by atoms with Crippen molar-refractivity contribution < 1.29 is 14.7 Å². The third-order valence-corrected chi connectivity index (χ3v) is 2.75. The second kappa shape index (κ2) is 4.96. The summed E-state index contributed by atoms with van der Waals surface area (Å²) in [5.41, 5.74) is 0.293. The van der Waals surface area contributed by atoms with Crippen LogP contribution in [0.2, 0.25) is 0 Å². The Balaban J connectivity index is 2.55. The molecule has 0 aromatic heterocycles. The molecular formula is C11H17NO3. The average molecular weight is 211 g/mol. The zero-order chi connectivity index (χ0) is 11.4. The second-order valence-electron chi connectivity index (χ2n) is 4.02. The highest BCUT2D eigenvalue weighted by atomic mass is 16.4. The van der Waals surface area contributed by atoms with Crippen molar-refractivity contribution in [3.63, 3.8) is 0 Å². The number of likely N-dealkylation sites (tertiary alicyclic amines) is 1. The molecule has 1 fully saturated rings. The van der Waals surface area contributed by atoms with Gasteiger partial charge in [0.25, 0.3) is 0 Å². The van der Waals surface area contributed by atoms with Crippen LogP contribution in [-0.2, 0) is 9.59 Å². The predicted molar refractivity (Wildman–Crippen MR) is 56.4 cm³/mol. The first-order valence-electron chi connectivity index (χ1n) is 5.21. The molecule has 0 aromatic rings. The summed E-state index contributed by atoms with van der Waals surface area (Å²) in [5, 5.41) is 8.66. The van der Waals surface area contributed by atoms with Crippen molar-refractivity contribution >= 4 is 11.9 Å². The normalized spacial score (nSPS) is 23.1. The summed E-state index contributed by atoms with van der Waals surface area (Å²) in [6, 6.07) is 0. The van der Waals surface area contributed by atoms with Gasteiger partial charge in [-0.05, 0) is 19.8 Å². The van der Waals surface area contributed by atoms with Gasteiger partial charge in [-0.3, -0.25) is 4.79 Å². The van der Waals surface area contributed by atoms with E-state index in [0.29, 0.717) is 12.1 Å². The highest BCUT2D eigenvalue weighted by Gasteiger charge is 2.24. The Morgan fingerprint density at radius 1 is 1.67 bits per heavy atom. The van der Waals surface area contributed by atoms with Gasteiger partial charge in [-0.2, -0.15) is 0 Å². The number of hydrogen-bond donors (Lipinski definition) is 1. The number of carbonyl (C=O) groups excluding carboxylic acids is 1. The molecule has 0 aliphatic carbocycles. The second-order valence-corrected chi connectivity index (χ2v) is 4.02. The van der Waals surface area contributed by atoms with Gasteiger partial charge in [0.2, 0.25) is 5.91 Å². The summed E-state index contributed by atoms with van der Waals surface area (Å²) >= 11 is 0. The van der Waals surface area contributed by atoms with Gasteiger partial charge >= 0.3 is 5.97 Å². The van der Waals surface area contributed by atoms with Gasteiger partial charge in [0, 0.05) is 24.6 Å². The van der Waals surface area contributed by atoms with Gasteiger partial charge in [-0.15, -0.1) is 0 Å². The highest BCUT2D eigenvalue weighted by molar-refractivity contribution is 5.86. The quantitative estimate of drug-likeness (QED) is 0.715. The van der Waals surface area contributed by atoms with Crippen molar-refractivity contribution in [1.82, 2.24) is 4.90 Å². The minimum Gasteiger partial charge on any atom is -0.478 e. The Bertz CT molecular complexity index is 296. The smallest absolute Gasteiger partial charge is 0.331 e. The number of hydrogen-bond acceptors (Lipinski definition) is 2. The number of nitrogens with zero attached hydrogens (tertiary/aromatic N) is 1. The minimum absolute atomic E-state index is 0.0808. The molecule has 1 aliphatic heterocycles. The fraction of sp³-hybridized carbons (Fsp3) is 0.636. The molecule has 0 radical (unpaired) electrons. The van der Waals surface area contributed by atoms with Gasteiger partial charge in [0.1, 0.15) is 0 Å². The molecule has 1 unspecified atom stereocenters. The topological polar surface area (TPSA) is 57.6 Å². The molecule has 1 rings (SSSR count). The zero-order valence-electron chi connectivity index (χ0n) is 9.19. The Hall–Kier alpha value is -1.32. The lowest BCUT2D eigenvalue weighted by atomic mass is 9.99. The Kier molecular flexibility index (Phi) is 3.88. The molecule has 1 aliphatic rings. The summed E-state index contributed by atoms with van der Waals surface area (Å²) in [6.45, 7) is 4.62. The van der Waals surface area contributed by atoms with Gasteiger partial charge in [0.05, 0.1) is 0 Å². The van der Waals surface area contributed by atoms with Crippen LogP contribution in [0.4, 0.5) is 0 Å². The average Bonchev–Trinajstić information content (AvgIpc) is 2.19. The molecule has 4 nitrogen and oxygen atoms in total. The first-order chi connectivity index (χ1) is 7.02. The third-order valence-electron chi connectivity index (χ3n) is 2.75. The van der Waals surface area contributed by atoms with Crippen molar-refractivity contribution in [3.05, 3.63) is 11.6 Å². The van der Waals surface area contributed by atoms with Crippen molar-refractivity contribution in [2.45, 2.75) is 26.7 Å². The Labute approximate surface area is 89.6 Å². The van der Waals surface area contributed by atoms with E-state index in [1.165, 1.54) is 0 Å². The van der Waals surface area contributed by atoms with Crippen LogP contribution in [0.15, 0.2) is 11.6 Å². The molecule has 1 heterocycles. The Morgan fingerprint density at radius 2 is 2.33 bits per heavy atom. The molecule has 1 amide bonds. The van der Waals surface area contributed by atoms with Crippen LogP contribution in [0, 0.1) is 5.92 Å². The number of carboxylic acids is 1. The van der Waals surface area contributed by atoms with E-state index < -0.39 is 5.97 Å². The van der Waals surface area contributed by atoms with Crippen LogP contribution < -0.4 is 0 Å². The number of carbonyl (C=O) groups is 2. The lowest BCUT2D eigenvalue weighted by molar-refractivity contribution is -0.137. The van der Waals surface area contributed by atoms with Crippen molar-refractivity contribution in [3.8, 4) is 0 Å². The lowest BCUT2D eigenvalue weighted by Crippen LogP contribution is -2.40. The number of carboxylic acid groups (broad SMARTS) is 1.